The van der Waals surface area contributed by atoms with Gasteiger partial charge in [-0.25, -0.2) is 4.99 Å². The molecule has 3 nitrogen and oxygen atoms in total. The SMILES string of the molecule is C=CCC1(C2=NC(C)(C)CO2)N(c2ccccc2)C12CCCCC2. The first-order valence-corrected chi connectivity index (χ1v) is 9.25. The number of benzene rings is 1. The molecule has 0 bridgehead atoms. The van der Waals surface area contributed by atoms with Crippen LogP contribution in [0.5, 0.6) is 0 Å². The van der Waals surface area contributed by atoms with Crippen LogP contribution in [0.15, 0.2) is 48.0 Å². The smallest absolute Gasteiger partial charge is 0.213 e. The van der Waals surface area contributed by atoms with Gasteiger partial charge in [-0.2, -0.15) is 0 Å². The van der Waals surface area contributed by atoms with Crippen molar-refractivity contribution in [3.63, 3.8) is 0 Å². The van der Waals surface area contributed by atoms with Gasteiger partial charge < -0.3 is 9.64 Å². The van der Waals surface area contributed by atoms with Gasteiger partial charge in [0.25, 0.3) is 0 Å². The van der Waals surface area contributed by atoms with Crippen LogP contribution in [0.1, 0.15) is 52.4 Å². The number of ether oxygens (including phenoxy) is 1. The molecule has 1 aliphatic carbocycles. The third-order valence-corrected chi connectivity index (χ3v) is 5.98. The summed E-state index contributed by atoms with van der Waals surface area (Å²) in [6, 6.07) is 10.8. The Bertz CT molecular complexity index is 658. The predicted molar refractivity (Wildman–Crippen MR) is 99.7 cm³/mol. The van der Waals surface area contributed by atoms with Gasteiger partial charge in [0.05, 0.1) is 11.1 Å². The van der Waals surface area contributed by atoms with E-state index in [0.29, 0.717) is 6.61 Å². The van der Waals surface area contributed by atoms with Crippen molar-refractivity contribution < 1.29 is 4.74 Å². The van der Waals surface area contributed by atoms with Crippen LogP contribution in [0, 0.1) is 0 Å². The average Bonchev–Trinajstić information content (AvgIpc) is 2.91. The molecule has 0 radical (unpaired) electrons. The van der Waals surface area contributed by atoms with E-state index in [2.05, 4.69) is 61.7 Å². The summed E-state index contributed by atoms with van der Waals surface area (Å²) in [7, 11) is 0. The van der Waals surface area contributed by atoms with E-state index in [9.17, 15) is 0 Å². The van der Waals surface area contributed by atoms with Crippen molar-refractivity contribution in [3.8, 4) is 0 Å². The zero-order chi connectivity index (χ0) is 16.8. The number of aliphatic imine (C=N–C) groups is 1. The molecule has 0 aromatic heterocycles. The molecular weight excluding hydrogens is 296 g/mol. The van der Waals surface area contributed by atoms with Crippen LogP contribution in [0.3, 0.4) is 0 Å². The molecule has 2 aliphatic heterocycles. The van der Waals surface area contributed by atoms with Gasteiger partial charge in [-0.1, -0.05) is 43.5 Å². The van der Waals surface area contributed by atoms with Crippen LogP contribution in [0.4, 0.5) is 5.69 Å². The number of para-hydroxylation sites is 1. The van der Waals surface area contributed by atoms with Gasteiger partial charge in [0.15, 0.2) is 0 Å². The van der Waals surface area contributed by atoms with E-state index in [-0.39, 0.29) is 16.6 Å². The maximum atomic E-state index is 6.19. The minimum absolute atomic E-state index is 0.121. The van der Waals surface area contributed by atoms with Crippen LogP contribution in [-0.4, -0.2) is 29.1 Å². The van der Waals surface area contributed by atoms with Gasteiger partial charge in [0.1, 0.15) is 12.1 Å². The van der Waals surface area contributed by atoms with Crippen LogP contribution >= 0.6 is 0 Å². The van der Waals surface area contributed by atoms with Gasteiger partial charge in [0.2, 0.25) is 5.90 Å². The molecule has 2 fully saturated rings. The molecule has 1 unspecified atom stereocenters. The zero-order valence-corrected chi connectivity index (χ0v) is 14.9. The predicted octanol–water partition coefficient (Wildman–Crippen LogP) is 4.73. The summed E-state index contributed by atoms with van der Waals surface area (Å²) in [5, 5.41) is 0. The van der Waals surface area contributed by atoms with E-state index < -0.39 is 0 Å². The van der Waals surface area contributed by atoms with Crippen LogP contribution in [-0.2, 0) is 4.74 Å². The highest BCUT2D eigenvalue weighted by Crippen LogP contribution is 2.64. The van der Waals surface area contributed by atoms with Gasteiger partial charge in [0, 0.05) is 5.69 Å². The largest absolute Gasteiger partial charge is 0.477 e. The molecule has 3 heteroatoms. The van der Waals surface area contributed by atoms with E-state index >= 15 is 0 Å². The highest BCUT2D eigenvalue weighted by molar-refractivity contribution is 6.01. The van der Waals surface area contributed by atoms with Gasteiger partial charge in [-0.3, -0.25) is 0 Å². The summed E-state index contributed by atoms with van der Waals surface area (Å²) in [6.45, 7) is 9.06. The lowest BCUT2D eigenvalue weighted by Gasteiger charge is -2.24. The molecule has 1 saturated heterocycles. The van der Waals surface area contributed by atoms with Crippen molar-refractivity contribution in [2.75, 3.05) is 11.5 Å². The van der Waals surface area contributed by atoms with E-state index in [1.54, 1.807) is 0 Å². The summed E-state index contributed by atoms with van der Waals surface area (Å²) in [6.07, 6.45) is 9.32. The monoisotopic (exact) mass is 324 g/mol. The number of nitrogens with zero attached hydrogens (tertiary/aromatic N) is 2. The van der Waals surface area contributed by atoms with Crippen molar-refractivity contribution in [2.45, 2.75) is 69.0 Å². The Morgan fingerprint density at radius 3 is 2.46 bits per heavy atom. The van der Waals surface area contributed by atoms with Gasteiger partial charge in [-0.05, 0) is 45.2 Å². The molecule has 1 aromatic rings. The molecule has 0 amide bonds. The summed E-state index contributed by atoms with van der Waals surface area (Å²) in [5.74, 6) is 0.943. The van der Waals surface area contributed by atoms with Crippen LogP contribution < -0.4 is 4.90 Å². The van der Waals surface area contributed by atoms with Crippen LogP contribution in [0.2, 0.25) is 0 Å². The van der Waals surface area contributed by atoms with Crippen molar-refractivity contribution >= 4 is 11.6 Å². The minimum Gasteiger partial charge on any atom is -0.477 e. The molecule has 3 aliphatic rings. The molecule has 1 atom stereocenters. The topological polar surface area (TPSA) is 24.6 Å². The maximum absolute atomic E-state index is 6.19. The van der Waals surface area contributed by atoms with E-state index in [0.717, 1.165) is 12.3 Å². The average molecular weight is 324 g/mol. The van der Waals surface area contributed by atoms with E-state index in [4.69, 9.17) is 9.73 Å². The van der Waals surface area contributed by atoms with Gasteiger partial charge in [-0.15, -0.1) is 6.58 Å². The van der Waals surface area contributed by atoms with Crippen molar-refractivity contribution in [1.29, 1.82) is 0 Å². The molecular formula is C21H28N2O. The summed E-state index contributed by atoms with van der Waals surface area (Å²) < 4.78 is 6.19. The maximum Gasteiger partial charge on any atom is 0.213 e. The second-order valence-electron chi connectivity index (χ2n) is 8.13. The first-order valence-electron chi connectivity index (χ1n) is 9.25. The Kier molecular flexibility index (Phi) is 3.52. The normalized spacial score (nSPS) is 29.9. The fraction of sp³-hybridized carbons (Fsp3) is 0.571. The summed E-state index contributed by atoms with van der Waals surface area (Å²) in [5.41, 5.74) is 1.19. The Hall–Kier alpha value is -1.77. The second-order valence-corrected chi connectivity index (χ2v) is 8.13. The summed E-state index contributed by atoms with van der Waals surface area (Å²) in [4.78, 5) is 7.60. The molecule has 4 rings (SSSR count). The first kappa shape index (κ1) is 15.7. The molecule has 24 heavy (non-hydrogen) atoms. The highest BCUT2D eigenvalue weighted by Gasteiger charge is 2.77. The van der Waals surface area contributed by atoms with E-state index in [1.807, 2.05) is 0 Å². The number of hydrogen-bond donors (Lipinski definition) is 0. The molecule has 1 aromatic carbocycles. The van der Waals surface area contributed by atoms with Crippen molar-refractivity contribution in [2.24, 2.45) is 4.99 Å². The quantitative estimate of drug-likeness (QED) is 0.590. The Balaban J connectivity index is 1.82. The highest BCUT2D eigenvalue weighted by atomic mass is 16.5. The Morgan fingerprint density at radius 1 is 1.17 bits per heavy atom. The first-order chi connectivity index (χ1) is 11.6. The summed E-state index contributed by atoms with van der Waals surface area (Å²) >= 11 is 0. The molecule has 2 heterocycles. The number of hydrogen-bond acceptors (Lipinski definition) is 3. The van der Waals surface area contributed by atoms with Crippen LogP contribution in [0.25, 0.3) is 0 Å². The Labute approximate surface area is 145 Å². The lowest BCUT2D eigenvalue weighted by molar-refractivity contribution is 0.263. The number of anilines is 1. The zero-order valence-electron chi connectivity index (χ0n) is 14.9. The van der Waals surface area contributed by atoms with E-state index in [1.165, 1.54) is 37.8 Å². The third kappa shape index (κ3) is 2.06. The fourth-order valence-corrected chi connectivity index (χ4v) is 5.00. The van der Waals surface area contributed by atoms with Crippen molar-refractivity contribution in [3.05, 3.63) is 43.0 Å². The second kappa shape index (κ2) is 5.37. The Morgan fingerprint density at radius 2 is 1.88 bits per heavy atom. The minimum atomic E-state index is -0.135. The fourth-order valence-electron chi connectivity index (χ4n) is 5.00. The lowest BCUT2D eigenvalue weighted by Crippen LogP contribution is -2.36. The van der Waals surface area contributed by atoms with Crippen molar-refractivity contribution in [1.82, 2.24) is 0 Å². The standard InChI is InChI=1S/C21H28N2O/c1-4-13-21(18-22-19(2,3)16-24-18)20(14-9-6-10-15-20)23(21)17-11-7-5-8-12-17/h4-5,7-8,11-12H,1,6,9-10,13-16H2,2-3H3. The molecule has 128 valence electrons. The third-order valence-electron chi connectivity index (χ3n) is 5.98. The molecule has 1 saturated carbocycles. The number of rotatable bonds is 4. The molecule has 0 N–H and O–H groups in total. The lowest BCUT2D eigenvalue weighted by atomic mass is 9.78. The molecule has 1 spiro atoms. The van der Waals surface area contributed by atoms with Gasteiger partial charge >= 0.3 is 0 Å².